The first-order valence-electron chi connectivity index (χ1n) is 6.41. The second kappa shape index (κ2) is 5.83. The van der Waals surface area contributed by atoms with Gasteiger partial charge in [-0.25, -0.2) is 5.32 Å². The highest BCUT2D eigenvalue weighted by Gasteiger charge is 2.46. The van der Waals surface area contributed by atoms with Gasteiger partial charge in [-0.1, -0.05) is 12.8 Å². The Labute approximate surface area is 92.8 Å². The molecule has 3 heteroatoms. The van der Waals surface area contributed by atoms with E-state index >= 15 is 0 Å². The summed E-state index contributed by atoms with van der Waals surface area (Å²) < 4.78 is 0. The summed E-state index contributed by atoms with van der Waals surface area (Å²) >= 11 is 0. The zero-order valence-corrected chi connectivity index (χ0v) is 9.57. The van der Waals surface area contributed by atoms with Crippen molar-refractivity contribution in [2.75, 3.05) is 26.2 Å². The van der Waals surface area contributed by atoms with Crippen LogP contribution in [0.1, 0.15) is 38.5 Å². The number of hydrogen-bond acceptors (Lipinski definition) is 2. The van der Waals surface area contributed by atoms with Crippen molar-refractivity contribution in [2.45, 2.75) is 50.7 Å². The SMILES string of the molecule is C1CCC[N]CC1.OC1CC2CC[N+]2C1. The van der Waals surface area contributed by atoms with Gasteiger partial charge in [0.1, 0.15) is 25.2 Å². The minimum absolute atomic E-state index is 0.0116. The van der Waals surface area contributed by atoms with Crippen LogP contribution < -0.4 is 10.2 Å². The van der Waals surface area contributed by atoms with Crippen LogP contribution in [0.5, 0.6) is 0 Å². The Kier molecular flexibility index (Phi) is 4.42. The van der Waals surface area contributed by atoms with Crippen molar-refractivity contribution in [1.29, 1.82) is 0 Å². The zero-order valence-electron chi connectivity index (χ0n) is 9.57. The molecule has 2 radical (unpaired) electrons. The van der Waals surface area contributed by atoms with Crippen molar-refractivity contribution in [1.82, 2.24) is 10.2 Å². The maximum absolute atomic E-state index is 9.07. The molecule has 3 nitrogen and oxygen atoms in total. The smallest absolute Gasteiger partial charge is 0.149 e. The Hall–Kier alpha value is -0.120. The van der Waals surface area contributed by atoms with Crippen LogP contribution in [0.15, 0.2) is 0 Å². The van der Waals surface area contributed by atoms with Crippen molar-refractivity contribution < 1.29 is 5.11 Å². The maximum atomic E-state index is 9.07. The molecule has 86 valence electrons. The Morgan fingerprint density at radius 1 is 1.07 bits per heavy atom. The minimum Gasteiger partial charge on any atom is -0.387 e. The first-order valence-corrected chi connectivity index (χ1v) is 6.41. The minimum atomic E-state index is -0.0116. The van der Waals surface area contributed by atoms with Crippen molar-refractivity contribution in [3.8, 4) is 0 Å². The molecule has 3 saturated heterocycles. The van der Waals surface area contributed by atoms with Gasteiger partial charge < -0.3 is 5.11 Å². The molecular weight excluding hydrogens is 188 g/mol. The largest absolute Gasteiger partial charge is 0.387 e. The third-order valence-corrected chi connectivity index (χ3v) is 3.64. The number of rotatable bonds is 0. The van der Waals surface area contributed by atoms with E-state index in [1.165, 1.54) is 38.6 Å². The average molecular weight is 211 g/mol. The van der Waals surface area contributed by atoms with E-state index in [2.05, 4.69) is 10.2 Å². The fourth-order valence-corrected chi connectivity index (χ4v) is 2.57. The van der Waals surface area contributed by atoms with Crippen LogP contribution in [-0.4, -0.2) is 43.4 Å². The van der Waals surface area contributed by atoms with E-state index in [0.29, 0.717) is 0 Å². The summed E-state index contributed by atoms with van der Waals surface area (Å²) in [4.78, 5) is 2.35. The van der Waals surface area contributed by atoms with Crippen molar-refractivity contribution in [3.05, 3.63) is 0 Å². The fourth-order valence-electron chi connectivity index (χ4n) is 2.57. The predicted octanol–water partition coefficient (Wildman–Crippen LogP) is 0.828. The number of aliphatic hydroxyl groups is 1. The lowest BCUT2D eigenvalue weighted by molar-refractivity contribution is 0.191. The van der Waals surface area contributed by atoms with Crippen LogP contribution >= 0.6 is 0 Å². The number of nitrogens with zero attached hydrogens (tertiary/aromatic N) is 2. The average Bonchev–Trinajstić information content (AvgIpc) is 2.53. The second-order valence-corrected chi connectivity index (χ2v) is 4.91. The molecule has 3 rings (SSSR count). The summed E-state index contributed by atoms with van der Waals surface area (Å²) in [7, 11) is 0. The topological polar surface area (TPSA) is 40.2 Å². The van der Waals surface area contributed by atoms with Gasteiger partial charge in [0.2, 0.25) is 0 Å². The molecule has 3 aliphatic rings. The molecule has 0 aliphatic carbocycles. The van der Waals surface area contributed by atoms with Gasteiger partial charge >= 0.3 is 0 Å². The summed E-state index contributed by atoms with van der Waals surface area (Å²) in [5.41, 5.74) is 0. The fraction of sp³-hybridized carbons (Fsp3) is 1.00. The molecule has 3 heterocycles. The molecule has 0 bridgehead atoms. The van der Waals surface area contributed by atoms with Crippen molar-refractivity contribution in [3.63, 3.8) is 0 Å². The molecule has 2 unspecified atom stereocenters. The van der Waals surface area contributed by atoms with Crippen molar-refractivity contribution in [2.24, 2.45) is 0 Å². The normalized spacial score (nSPS) is 35.8. The molecule has 1 N–H and O–H groups in total. The third-order valence-electron chi connectivity index (χ3n) is 3.64. The highest BCUT2D eigenvalue weighted by molar-refractivity contribution is 4.97. The van der Waals surface area contributed by atoms with E-state index in [1.54, 1.807) is 0 Å². The van der Waals surface area contributed by atoms with Crippen LogP contribution in [0.2, 0.25) is 0 Å². The quantitative estimate of drug-likeness (QED) is 0.592. The lowest BCUT2D eigenvalue weighted by atomic mass is 10.1. The summed E-state index contributed by atoms with van der Waals surface area (Å²) in [5.74, 6) is 0. The van der Waals surface area contributed by atoms with Crippen LogP contribution in [-0.2, 0) is 0 Å². The molecule has 0 saturated carbocycles. The second-order valence-electron chi connectivity index (χ2n) is 4.91. The molecule has 0 aromatic heterocycles. The first-order chi connectivity index (χ1) is 7.36. The molecular formula is C12H23N2O+. The lowest BCUT2D eigenvalue weighted by Gasteiger charge is -2.22. The molecule has 15 heavy (non-hydrogen) atoms. The van der Waals surface area contributed by atoms with Gasteiger partial charge in [-0.2, -0.15) is 4.90 Å². The number of aliphatic hydroxyl groups excluding tert-OH is 1. The van der Waals surface area contributed by atoms with Gasteiger partial charge in [0.05, 0.1) is 6.42 Å². The maximum Gasteiger partial charge on any atom is 0.149 e. The molecule has 0 aromatic rings. The van der Waals surface area contributed by atoms with E-state index in [1.807, 2.05) is 0 Å². The van der Waals surface area contributed by atoms with Gasteiger partial charge in [-0.15, -0.1) is 0 Å². The van der Waals surface area contributed by atoms with Gasteiger partial charge in [0.15, 0.2) is 0 Å². The van der Waals surface area contributed by atoms with Gasteiger partial charge in [-0.05, 0) is 12.8 Å². The Morgan fingerprint density at radius 2 is 1.80 bits per heavy atom. The highest BCUT2D eigenvalue weighted by Crippen LogP contribution is 2.25. The standard InChI is InChI=1S/C6H11NO.C6H12N/c8-6-3-5-1-2-7(5)4-6;1-2-4-6-7-5-3-1/h5-6,8H,1-4H2;1-6H2/q+1;. The zero-order chi connectivity index (χ0) is 10.5. The monoisotopic (exact) mass is 211 g/mol. The van der Waals surface area contributed by atoms with E-state index in [-0.39, 0.29) is 6.10 Å². The summed E-state index contributed by atoms with van der Waals surface area (Å²) in [5, 5.41) is 13.3. The molecule has 3 fully saturated rings. The molecule has 0 spiro atoms. The number of fused-ring (bicyclic) bond motifs is 1. The molecule has 3 aliphatic heterocycles. The lowest BCUT2D eigenvalue weighted by Crippen LogP contribution is -2.47. The van der Waals surface area contributed by atoms with E-state index < -0.39 is 0 Å². The van der Waals surface area contributed by atoms with E-state index in [4.69, 9.17) is 5.11 Å². The van der Waals surface area contributed by atoms with Gasteiger partial charge in [0.25, 0.3) is 0 Å². The third kappa shape index (κ3) is 3.44. The van der Waals surface area contributed by atoms with E-state index in [0.717, 1.165) is 32.1 Å². The molecule has 0 aromatic carbocycles. The van der Waals surface area contributed by atoms with Crippen LogP contribution in [0.4, 0.5) is 0 Å². The Bertz CT molecular complexity index is 155. The van der Waals surface area contributed by atoms with Gasteiger partial charge in [0, 0.05) is 19.5 Å². The van der Waals surface area contributed by atoms with Crippen LogP contribution in [0.25, 0.3) is 0 Å². The van der Waals surface area contributed by atoms with Crippen molar-refractivity contribution >= 4 is 0 Å². The first kappa shape index (κ1) is 11.4. The summed E-state index contributed by atoms with van der Waals surface area (Å²) in [6, 6.07) is 0.755. The molecule has 0 amide bonds. The van der Waals surface area contributed by atoms with Crippen LogP contribution in [0, 0.1) is 0 Å². The number of hydrogen-bond donors (Lipinski definition) is 1. The summed E-state index contributed by atoms with van der Waals surface area (Å²) in [6.45, 7) is 4.41. The van der Waals surface area contributed by atoms with E-state index in [9.17, 15) is 0 Å². The van der Waals surface area contributed by atoms with Gasteiger partial charge in [-0.3, -0.25) is 0 Å². The highest BCUT2D eigenvalue weighted by atomic mass is 16.3. The predicted molar refractivity (Wildman–Crippen MR) is 61.2 cm³/mol. The Morgan fingerprint density at radius 3 is 2.20 bits per heavy atom. The summed E-state index contributed by atoms with van der Waals surface area (Å²) in [6.07, 6.45) is 7.81. The van der Waals surface area contributed by atoms with Crippen LogP contribution in [0.3, 0.4) is 0 Å². The Balaban J connectivity index is 0.000000115. The molecule has 2 atom stereocenters.